The third-order valence-electron chi connectivity index (χ3n) is 5.04. The lowest BCUT2D eigenvalue weighted by atomic mass is 10.1. The van der Waals surface area contributed by atoms with E-state index in [1.165, 1.54) is 0 Å². The van der Waals surface area contributed by atoms with Crippen molar-refractivity contribution in [1.29, 1.82) is 0 Å². The molecule has 6 heteroatoms. The number of hydrogen-bond acceptors (Lipinski definition) is 3. The zero-order valence-electron chi connectivity index (χ0n) is 17.9. The number of rotatable bonds is 8. The molecule has 0 saturated carbocycles. The quantitative estimate of drug-likeness (QED) is 0.179. The number of allylic oxidation sites excluding steroid dienone is 1. The van der Waals surface area contributed by atoms with Gasteiger partial charge in [-0.3, -0.25) is 4.79 Å². The Morgan fingerprint density at radius 1 is 1.00 bits per heavy atom. The second-order valence-corrected chi connectivity index (χ2v) is 8.60. The number of hydrogen-bond donors (Lipinski definition) is 0. The SMILES string of the molecule is COc1ccc(/C=C/C(=O)c2cccc(-n3cccc3)c2)cc1COc1ccc(Br)cc1Cl. The van der Waals surface area contributed by atoms with Gasteiger partial charge in [-0.1, -0.05) is 51.8 Å². The lowest BCUT2D eigenvalue weighted by Crippen LogP contribution is -2.00. The standard InChI is InChI=1S/C27H21BrClNO3/c1-32-26-11-8-19(15-21(26)18-33-27-12-9-22(28)17-24(27)29)7-10-25(31)20-5-4-6-23(16-20)30-13-2-3-14-30/h2-17H,18H2,1H3/b10-7+. The Balaban J connectivity index is 1.50. The molecule has 1 aromatic heterocycles. The number of ketones is 1. The molecule has 1 heterocycles. The van der Waals surface area contributed by atoms with Gasteiger partial charge in [0.2, 0.25) is 0 Å². The van der Waals surface area contributed by atoms with Crippen molar-refractivity contribution in [2.75, 3.05) is 7.11 Å². The van der Waals surface area contributed by atoms with Crippen LogP contribution in [0, 0.1) is 0 Å². The molecule has 0 spiro atoms. The molecule has 0 aliphatic rings. The monoisotopic (exact) mass is 521 g/mol. The fourth-order valence-corrected chi connectivity index (χ4v) is 4.09. The molecular weight excluding hydrogens is 502 g/mol. The average molecular weight is 523 g/mol. The van der Waals surface area contributed by atoms with Crippen molar-refractivity contribution in [2.45, 2.75) is 6.61 Å². The van der Waals surface area contributed by atoms with E-state index in [-0.39, 0.29) is 12.4 Å². The molecule has 0 amide bonds. The van der Waals surface area contributed by atoms with Crippen LogP contribution in [0.1, 0.15) is 21.5 Å². The summed E-state index contributed by atoms with van der Waals surface area (Å²) in [7, 11) is 1.61. The fraction of sp³-hybridized carbons (Fsp3) is 0.0741. The van der Waals surface area contributed by atoms with Crippen LogP contribution in [-0.4, -0.2) is 17.5 Å². The summed E-state index contributed by atoms with van der Waals surface area (Å²) in [6, 6.07) is 22.6. The Hall–Kier alpha value is -3.28. The number of methoxy groups -OCH3 is 1. The van der Waals surface area contributed by atoms with E-state index in [1.54, 1.807) is 25.3 Å². The predicted octanol–water partition coefficient (Wildman–Crippen LogP) is 7.38. The highest BCUT2D eigenvalue weighted by Crippen LogP contribution is 2.30. The van der Waals surface area contributed by atoms with Gasteiger partial charge in [0.25, 0.3) is 0 Å². The normalized spacial score (nSPS) is 11.0. The van der Waals surface area contributed by atoms with Gasteiger partial charge in [0.15, 0.2) is 5.78 Å². The maximum atomic E-state index is 12.8. The molecule has 3 aromatic carbocycles. The second kappa shape index (κ2) is 10.6. The van der Waals surface area contributed by atoms with Crippen molar-refractivity contribution in [3.63, 3.8) is 0 Å². The minimum atomic E-state index is -0.0701. The van der Waals surface area contributed by atoms with Gasteiger partial charge in [-0.2, -0.15) is 0 Å². The summed E-state index contributed by atoms with van der Waals surface area (Å²) in [4.78, 5) is 12.8. The van der Waals surface area contributed by atoms with Gasteiger partial charge < -0.3 is 14.0 Å². The summed E-state index contributed by atoms with van der Waals surface area (Å²) in [5, 5.41) is 0.520. The van der Waals surface area contributed by atoms with Gasteiger partial charge in [-0.25, -0.2) is 0 Å². The smallest absolute Gasteiger partial charge is 0.185 e. The summed E-state index contributed by atoms with van der Waals surface area (Å²) in [6.07, 6.45) is 7.26. The maximum Gasteiger partial charge on any atom is 0.185 e. The molecular formula is C27H21BrClNO3. The first-order chi connectivity index (χ1) is 16.0. The molecule has 0 N–H and O–H groups in total. The summed E-state index contributed by atoms with van der Waals surface area (Å²) in [6.45, 7) is 0.277. The van der Waals surface area contributed by atoms with Gasteiger partial charge >= 0.3 is 0 Å². The van der Waals surface area contributed by atoms with Crippen LogP contribution in [0.2, 0.25) is 5.02 Å². The van der Waals surface area contributed by atoms with Crippen molar-refractivity contribution in [2.24, 2.45) is 0 Å². The molecule has 0 fully saturated rings. The summed E-state index contributed by atoms with van der Waals surface area (Å²) in [5.41, 5.74) is 3.28. The second-order valence-electron chi connectivity index (χ2n) is 7.27. The largest absolute Gasteiger partial charge is 0.496 e. The van der Waals surface area contributed by atoms with Crippen LogP contribution >= 0.6 is 27.5 Å². The summed E-state index contributed by atoms with van der Waals surface area (Å²) >= 11 is 9.64. The van der Waals surface area contributed by atoms with E-state index < -0.39 is 0 Å². The Kier molecular flexibility index (Phi) is 7.33. The van der Waals surface area contributed by atoms with Crippen molar-refractivity contribution < 1.29 is 14.3 Å². The molecule has 0 radical (unpaired) electrons. The van der Waals surface area contributed by atoms with Crippen molar-refractivity contribution in [1.82, 2.24) is 4.57 Å². The average Bonchev–Trinajstić information content (AvgIpc) is 3.37. The van der Waals surface area contributed by atoms with Crippen LogP contribution in [-0.2, 0) is 6.61 Å². The van der Waals surface area contributed by atoms with Crippen LogP contribution < -0.4 is 9.47 Å². The number of halogens is 2. The Morgan fingerprint density at radius 2 is 1.79 bits per heavy atom. The van der Waals surface area contributed by atoms with Crippen LogP contribution in [0.3, 0.4) is 0 Å². The Bertz CT molecular complexity index is 1300. The number of ether oxygens (including phenoxy) is 2. The topological polar surface area (TPSA) is 40.5 Å². The molecule has 0 atom stereocenters. The highest BCUT2D eigenvalue weighted by Gasteiger charge is 2.09. The molecule has 166 valence electrons. The fourth-order valence-electron chi connectivity index (χ4n) is 3.36. The van der Waals surface area contributed by atoms with E-state index in [9.17, 15) is 4.79 Å². The van der Waals surface area contributed by atoms with E-state index >= 15 is 0 Å². The molecule has 0 saturated heterocycles. The summed E-state index contributed by atoms with van der Waals surface area (Å²) < 4.78 is 14.2. The number of benzene rings is 3. The first-order valence-electron chi connectivity index (χ1n) is 10.2. The Morgan fingerprint density at radius 3 is 2.55 bits per heavy atom. The molecule has 33 heavy (non-hydrogen) atoms. The number of aromatic nitrogens is 1. The minimum absolute atomic E-state index is 0.0701. The maximum absolute atomic E-state index is 12.8. The van der Waals surface area contributed by atoms with Gasteiger partial charge in [-0.15, -0.1) is 0 Å². The van der Waals surface area contributed by atoms with Crippen molar-refractivity contribution in [3.8, 4) is 17.2 Å². The lowest BCUT2D eigenvalue weighted by Gasteiger charge is -2.12. The first-order valence-corrected chi connectivity index (χ1v) is 11.4. The number of nitrogens with zero attached hydrogens (tertiary/aromatic N) is 1. The minimum Gasteiger partial charge on any atom is -0.496 e. The highest BCUT2D eigenvalue weighted by atomic mass is 79.9. The molecule has 4 aromatic rings. The molecule has 0 aliphatic heterocycles. The molecule has 0 aliphatic carbocycles. The third-order valence-corrected chi connectivity index (χ3v) is 5.83. The number of carbonyl (C=O) groups is 1. The van der Waals surface area contributed by atoms with E-state index in [0.29, 0.717) is 22.1 Å². The third kappa shape index (κ3) is 5.75. The highest BCUT2D eigenvalue weighted by molar-refractivity contribution is 9.10. The first kappa shape index (κ1) is 22.9. The van der Waals surface area contributed by atoms with Gasteiger partial charge in [0, 0.05) is 33.7 Å². The van der Waals surface area contributed by atoms with E-state index in [1.807, 2.05) is 83.7 Å². The summed E-state index contributed by atoms with van der Waals surface area (Å²) in [5.74, 6) is 1.21. The van der Waals surface area contributed by atoms with Crippen LogP contribution in [0.4, 0.5) is 0 Å². The van der Waals surface area contributed by atoms with E-state index in [4.69, 9.17) is 21.1 Å². The van der Waals surface area contributed by atoms with Gasteiger partial charge in [-0.05, 0) is 66.2 Å². The van der Waals surface area contributed by atoms with E-state index in [0.717, 1.165) is 21.3 Å². The molecule has 0 unspecified atom stereocenters. The van der Waals surface area contributed by atoms with Gasteiger partial charge in [0.05, 0.1) is 12.1 Å². The molecule has 4 nitrogen and oxygen atoms in total. The zero-order valence-corrected chi connectivity index (χ0v) is 20.2. The van der Waals surface area contributed by atoms with Gasteiger partial charge in [0.1, 0.15) is 18.1 Å². The van der Waals surface area contributed by atoms with Crippen LogP contribution in [0.25, 0.3) is 11.8 Å². The zero-order chi connectivity index (χ0) is 23.2. The Labute approximate surface area is 206 Å². The molecule has 0 bridgehead atoms. The van der Waals surface area contributed by atoms with Crippen molar-refractivity contribution in [3.05, 3.63) is 117 Å². The van der Waals surface area contributed by atoms with E-state index in [2.05, 4.69) is 15.9 Å². The lowest BCUT2D eigenvalue weighted by molar-refractivity contribution is 0.104. The van der Waals surface area contributed by atoms with Crippen molar-refractivity contribution >= 4 is 39.4 Å². The van der Waals surface area contributed by atoms with Crippen LogP contribution in [0.5, 0.6) is 11.5 Å². The van der Waals surface area contributed by atoms with Crippen LogP contribution in [0.15, 0.2) is 95.7 Å². The molecule has 4 rings (SSSR count). The number of carbonyl (C=O) groups excluding carboxylic acids is 1. The predicted molar refractivity (Wildman–Crippen MR) is 136 cm³/mol.